The van der Waals surface area contributed by atoms with E-state index >= 15 is 0 Å². The van der Waals surface area contributed by atoms with Gasteiger partial charge >= 0.3 is 0 Å². The Morgan fingerprint density at radius 1 is 1.53 bits per heavy atom. The molecule has 1 fully saturated rings. The topological polar surface area (TPSA) is 45.6 Å². The molecule has 2 heterocycles. The maximum absolute atomic E-state index is 9.75. The predicted octanol–water partition coefficient (Wildman–Crippen LogP) is 2.39. The van der Waals surface area contributed by atoms with Crippen LogP contribution in [-0.4, -0.2) is 36.4 Å². The van der Waals surface area contributed by atoms with Gasteiger partial charge in [-0.2, -0.15) is 0 Å². The van der Waals surface area contributed by atoms with Crippen molar-refractivity contribution in [3.8, 4) is 0 Å². The summed E-state index contributed by atoms with van der Waals surface area (Å²) in [7, 11) is 1.78. The molecule has 0 saturated carbocycles. The molecule has 0 radical (unpaired) electrons. The smallest absolute Gasteiger partial charge is 0.0957 e. The number of hydrogen-bond acceptors (Lipinski definition) is 4. The fraction of sp³-hybridized carbons (Fsp3) is 0.667. The first-order valence-electron chi connectivity index (χ1n) is 7.07. The van der Waals surface area contributed by atoms with Crippen LogP contribution in [-0.2, 0) is 4.74 Å². The molecular formula is C15H24N2O2. The summed E-state index contributed by atoms with van der Waals surface area (Å²) in [5.74, 6) is 0.607. The Kier molecular flexibility index (Phi) is 4.77. The molecule has 1 aromatic rings. The number of aliphatic hydroxyl groups is 1. The lowest BCUT2D eigenvalue weighted by atomic mass is 9.95. The molecule has 2 unspecified atom stereocenters. The maximum Gasteiger partial charge on any atom is 0.0957 e. The number of aromatic nitrogens is 1. The Balaban J connectivity index is 2.06. The monoisotopic (exact) mass is 264 g/mol. The quantitative estimate of drug-likeness (QED) is 0.907. The Bertz CT molecular complexity index is 394. The molecule has 1 aliphatic heterocycles. The van der Waals surface area contributed by atoms with Crippen LogP contribution in [0.4, 0.5) is 5.69 Å². The Hall–Kier alpha value is -1.13. The van der Waals surface area contributed by atoms with Crippen LogP contribution < -0.4 is 4.90 Å². The summed E-state index contributed by atoms with van der Waals surface area (Å²) in [6, 6.07) is 3.97. The van der Waals surface area contributed by atoms with Gasteiger partial charge in [0.2, 0.25) is 0 Å². The summed E-state index contributed by atoms with van der Waals surface area (Å²) in [5.41, 5.74) is 1.86. The van der Waals surface area contributed by atoms with E-state index in [-0.39, 0.29) is 6.10 Å². The lowest BCUT2D eigenvalue weighted by Gasteiger charge is -2.37. The molecule has 1 aliphatic rings. The number of hydrogen-bond donors (Lipinski definition) is 1. The molecule has 1 aromatic heterocycles. The second-order valence-corrected chi connectivity index (χ2v) is 5.35. The fourth-order valence-electron chi connectivity index (χ4n) is 2.57. The number of pyridine rings is 1. The van der Waals surface area contributed by atoms with Crippen LogP contribution in [0.5, 0.6) is 0 Å². The van der Waals surface area contributed by atoms with Crippen LogP contribution in [0.25, 0.3) is 0 Å². The highest BCUT2D eigenvalue weighted by atomic mass is 16.5. The highest BCUT2D eigenvalue weighted by Crippen LogP contribution is 2.25. The van der Waals surface area contributed by atoms with Gasteiger partial charge in [0.05, 0.1) is 29.8 Å². The van der Waals surface area contributed by atoms with Gasteiger partial charge in [-0.15, -0.1) is 0 Å². The summed E-state index contributed by atoms with van der Waals surface area (Å²) in [4.78, 5) is 6.67. The van der Waals surface area contributed by atoms with E-state index in [1.807, 2.05) is 25.3 Å². The molecule has 3 atom stereocenters. The van der Waals surface area contributed by atoms with Gasteiger partial charge in [0, 0.05) is 20.2 Å². The summed E-state index contributed by atoms with van der Waals surface area (Å²) in [6.07, 6.45) is 3.52. The fourth-order valence-corrected chi connectivity index (χ4v) is 2.57. The second kappa shape index (κ2) is 6.35. The third-order valence-electron chi connectivity index (χ3n) is 4.06. The zero-order chi connectivity index (χ0) is 13.8. The standard InChI is InChI=1S/C15H24N2O2/c1-4-14(18)13-6-5-12(9-16-13)17-8-7-11(2)15(10-17)19-3/h5-6,9,11,14-15,18H,4,7-8,10H2,1-3H3/t11?,14-,15?/m0/s1. The predicted molar refractivity (Wildman–Crippen MR) is 76.3 cm³/mol. The van der Waals surface area contributed by atoms with Crippen LogP contribution in [0.2, 0.25) is 0 Å². The Morgan fingerprint density at radius 2 is 2.32 bits per heavy atom. The van der Waals surface area contributed by atoms with E-state index in [0.29, 0.717) is 12.3 Å². The minimum absolute atomic E-state index is 0.287. The molecule has 0 amide bonds. The average Bonchev–Trinajstić information content (AvgIpc) is 2.47. The van der Waals surface area contributed by atoms with E-state index in [9.17, 15) is 5.11 Å². The van der Waals surface area contributed by atoms with Crippen LogP contribution in [0.1, 0.15) is 38.5 Å². The number of anilines is 1. The van der Waals surface area contributed by atoms with E-state index in [0.717, 1.165) is 30.9 Å². The van der Waals surface area contributed by atoms with Gasteiger partial charge < -0.3 is 14.7 Å². The summed E-state index contributed by atoms with van der Waals surface area (Å²) >= 11 is 0. The summed E-state index contributed by atoms with van der Waals surface area (Å²) in [5, 5.41) is 9.75. The van der Waals surface area contributed by atoms with E-state index in [2.05, 4.69) is 16.8 Å². The molecule has 19 heavy (non-hydrogen) atoms. The van der Waals surface area contributed by atoms with Crippen LogP contribution in [0.15, 0.2) is 18.3 Å². The normalized spacial score (nSPS) is 25.4. The first kappa shape index (κ1) is 14.3. The summed E-state index contributed by atoms with van der Waals surface area (Å²) < 4.78 is 5.53. The van der Waals surface area contributed by atoms with E-state index < -0.39 is 6.10 Å². The number of piperidine rings is 1. The molecule has 0 bridgehead atoms. The largest absolute Gasteiger partial charge is 0.387 e. The van der Waals surface area contributed by atoms with Crippen molar-refractivity contribution in [2.75, 3.05) is 25.1 Å². The molecule has 0 aromatic carbocycles. The van der Waals surface area contributed by atoms with Gasteiger partial charge in [-0.1, -0.05) is 13.8 Å². The van der Waals surface area contributed by atoms with E-state index in [1.54, 1.807) is 7.11 Å². The maximum atomic E-state index is 9.75. The minimum atomic E-state index is -0.456. The van der Waals surface area contributed by atoms with Gasteiger partial charge in [0.25, 0.3) is 0 Å². The highest BCUT2D eigenvalue weighted by Gasteiger charge is 2.26. The number of rotatable bonds is 4. The van der Waals surface area contributed by atoms with Crippen molar-refractivity contribution in [1.82, 2.24) is 4.98 Å². The third kappa shape index (κ3) is 3.25. The van der Waals surface area contributed by atoms with Crippen molar-refractivity contribution in [3.05, 3.63) is 24.0 Å². The van der Waals surface area contributed by atoms with E-state index in [1.165, 1.54) is 0 Å². The molecule has 1 saturated heterocycles. The van der Waals surface area contributed by atoms with Gasteiger partial charge in [-0.3, -0.25) is 4.98 Å². The van der Waals surface area contributed by atoms with Crippen molar-refractivity contribution < 1.29 is 9.84 Å². The third-order valence-corrected chi connectivity index (χ3v) is 4.06. The van der Waals surface area contributed by atoms with Crippen molar-refractivity contribution in [1.29, 1.82) is 0 Å². The Morgan fingerprint density at radius 3 is 2.89 bits per heavy atom. The molecule has 4 nitrogen and oxygen atoms in total. The average molecular weight is 264 g/mol. The minimum Gasteiger partial charge on any atom is -0.387 e. The highest BCUT2D eigenvalue weighted by molar-refractivity contribution is 5.45. The Labute approximate surface area is 115 Å². The van der Waals surface area contributed by atoms with E-state index in [4.69, 9.17) is 4.74 Å². The number of nitrogens with zero attached hydrogens (tertiary/aromatic N) is 2. The number of aliphatic hydroxyl groups excluding tert-OH is 1. The number of methoxy groups -OCH3 is 1. The molecule has 0 spiro atoms. The summed E-state index contributed by atoms with van der Waals surface area (Å²) in [6.45, 7) is 6.15. The van der Waals surface area contributed by atoms with Crippen LogP contribution >= 0.6 is 0 Å². The van der Waals surface area contributed by atoms with Crippen molar-refractivity contribution in [3.63, 3.8) is 0 Å². The SMILES string of the molecule is CC[C@H](O)c1ccc(N2CCC(C)C(OC)C2)cn1. The lowest BCUT2D eigenvalue weighted by Crippen LogP contribution is -2.43. The lowest BCUT2D eigenvalue weighted by molar-refractivity contribution is 0.0498. The number of ether oxygens (including phenoxy) is 1. The molecule has 106 valence electrons. The molecule has 2 rings (SSSR count). The molecular weight excluding hydrogens is 240 g/mol. The van der Waals surface area contributed by atoms with Crippen molar-refractivity contribution >= 4 is 5.69 Å². The first-order chi connectivity index (χ1) is 9.15. The van der Waals surface area contributed by atoms with Crippen LogP contribution in [0.3, 0.4) is 0 Å². The molecule has 1 N–H and O–H groups in total. The molecule has 4 heteroatoms. The van der Waals surface area contributed by atoms with Gasteiger partial charge in [-0.05, 0) is 30.9 Å². The van der Waals surface area contributed by atoms with Crippen molar-refractivity contribution in [2.45, 2.75) is 38.9 Å². The first-order valence-corrected chi connectivity index (χ1v) is 7.07. The second-order valence-electron chi connectivity index (χ2n) is 5.35. The van der Waals surface area contributed by atoms with Crippen LogP contribution in [0, 0.1) is 5.92 Å². The van der Waals surface area contributed by atoms with Gasteiger partial charge in [0.15, 0.2) is 0 Å². The molecule has 0 aliphatic carbocycles. The van der Waals surface area contributed by atoms with Gasteiger partial charge in [-0.25, -0.2) is 0 Å². The van der Waals surface area contributed by atoms with Gasteiger partial charge in [0.1, 0.15) is 0 Å². The van der Waals surface area contributed by atoms with Crippen molar-refractivity contribution in [2.24, 2.45) is 5.92 Å². The zero-order valence-electron chi connectivity index (χ0n) is 12.0. The zero-order valence-corrected chi connectivity index (χ0v) is 12.0.